The van der Waals surface area contributed by atoms with Crippen LogP contribution in [-0.2, 0) is 4.79 Å². The van der Waals surface area contributed by atoms with Gasteiger partial charge in [-0.3, -0.25) is 4.79 Å². The van der Waals surface area contributed by atoms with Gasteiger partial charge in [-0.2, -0.15) is 0 Å². The molecule has 1 N–H and O–H groups in total. The van der Waals surface area contributed by atoms with E-state index < -0.39 is 5.41 Å². The molecular formula is C29H47NO2. The Morgan fingerprint density at radius 3 is 2.44 bits per heavy atom. The van der Waals surface area contributed by atoms with Gasteiger partial charge in [0.05, 0.1) is 5.41 Å². The summed E-state index contributed by atoms with van der Waals surface area (Å²) in [4.78, 5) is 13.0. The van der Waals surface area contributed by atoms with Crippen molar-refractivity contribution in [1.29, 1.82) is 0 Å². The molecule has 0 saturated heterocycles. The number of nitrogens with zero attached hydrogens (tertiary/aromatic N) is 1. The number of carbonyl (C=O) groups is 1. The van der Waals surface area contributed by atoms with Crippen LogP contribution in [0, 0.1) is 51.8 Å². The number of Topliss-reactive ketones (excluding diaryl/α,β-unsaturated/α-hetero) is 1. The number of oxime groups is 1. The van der Waals surface area contributed by atoms with E-state index in [1.54, 1.807) is 0 Å². The molecule has 32 heavy (non-hydrogen) atoms. The second-order valence-electron chi connectivity index (χ2n) is 13.4. The summed E-state index contributed by atoms with van der Waals surface area (Å²) >= 11 is 0. The molecule has 4 rings (SSSR count). The van der Waals surface area contributed by atoms with Crippen molar-refractivity contribution in [2.24, 2.45) is 56.9 Å². The van der Waals surface area contributed by atoms with E-state index in [0.717, 1.165) is 30.1 Å². The molecule has 0 aromatic carbocycles. The van der Waals surface area contributed by atoms with Crippen molar-refractivity contribution in [3.63, 3.8) is 0 Å². The standard InChI is InChI=1S/C29H47NO2/c1-18(2)9-8-10-19(3)21-12-13-22-20-11-14-25-27(4,5)26(31)24(30-32)17-29(25,7)23(20)15-16-28(21,22)6/h14,18-23,32H,8-13,15-17H2,1-7H3/b30-24-/t19-,20-,21+,22-,23-,28+,29+/m0/s1. The van der Waals surface area contributed by atoms with E-state index >= 15 is 0 Å². The third-order valence-electron chi connectivity index (χ3n) is 10.8. The molecule has 180 valence electrons. The predicted molar refractivity (Wildman–Crippen MR) is 132 cm³/mol. The number of rotatable bonds is 5. The second kappa shape index (κ2) is 8.27. The molecule has 3 heteroatoms. The zero-order chi connectivity index (χ0) is 23.5. The van der Waals surface area contributed by atoms with Gasteiger partial charge in [0.2, 0.25) is 0 Å². The van der Waals surface area contributed by atoms with E-state index in [-0.39, 0.29) is 11.2 Å². The van der Waals surface area contributed by atoms with Crippen molar-refractivity contribution in [3.8, 4) is 0 Å². The molecular weight excluding hydrogens is 394 g/mol. The molecule has 0 aromatic heterocycles. The highest BCUT2D eigenvalue weighted by Gasteiger charge is 2.62. The fraction of sp³-hybridized carbons (Fsp3) is 0.862. The third-order valence-corrected chi connectivity index (χ3v) is 10.8. The summed E-state index contributed by atoms with van der Waals surface area (Å²) in [6.07, 6.45) is 13.6. The van der Waals surface area contributed by atoms with Crippen LogP contribution in [0.25, 0.3) is 0 Å². The van der Waals surface area contributed by atoms with Crippen LogP contribution >= 0.6 is 0 Å². The number of hydrogen-bond donors (Lipinski definition) is 1. The highest BCUT2D eigenvalue weighted by atomic mass is 16.4. The van der Waals surface area contributed by atoms with Gasteiger partial charge in [0.1, 0.15) is 5.71 Å². The summed E-state index contributed by atoms with van der Waals surface area (Å²) in [5.41, 5.74) is 1.58. The summed E-state index contributed by atoms with van der Waals surface area (Å²) in [5.74, 6) is 4.61. The van der Waals surface area contributed by atoms with E-state index in [4.69, 9.17) is 0 Å². The summed E-state index contributed by atoms with van der Waals surface area (Å²) in [6.45, 7) is 16.3. The van der Waals surface area contributed by atoms with Crippen LogP contribution in [0.4, 0.5) is 0 Å². The average molecular weight is 442 g/mol. The first-order valence-electron chi connectivity index (χ1n) is 13.4. The van der Waals surface area contributed by atoms with E-state index in [0.29, 0.717) is 29.4 Å². The minimum Gasteiger partial charge on any atom is -0.411 e. The zero-order valence-corrected chi connectivity index (χ0v) is 21.7. The van der Waals surface area contributed by atoms with Crippen LogP contribution < -0.4 is 0 Å². The Morgan fingerprint density at radius 1 is 1.06 bits per heavy atom. The van der Waals surface area contributed by atoms with E-state index in [9.17, 15) is 10.0 Å². The van der Waals surface area contributed by atoms with Crippen LogP contribution in [0.2, 0.25) is 0 Å². The molecule has 3 saturated carbocycles. The first-order valence-corrected chi connectivity index (χ1v) is 13.4. The van der Waals surface area contributed by atoms with Crippen molar-refractivity contribution in [2.75, 3.05) is 0 Å². The summed E-state index contributed by atoms with van der Waals surface area (Å²) in [7, 11) is 0. The molecule has 4 aliphatic carbocycles. The van der Waals surface area contributed by atoms with Gasteiger partial charge in [-0.05, 0) is 92.3 Å². The summed E-state index contributed by atoms with van der Waals surface area (Å²) in [6, 6.07) is 0. The quantitative estimate of drug-likeness (QED) is 0.270. The van der Waals surface area contributed by atoms with Crippen molar-refractivity contribution in [1.82, 2.24) is 0 Å². The van der Waals surface area contributed by atoms with Crippen LogP contribution in [0.1, 0.15) is 106 Å². The average Bonchev–Trinajstić information content (AvgIpc) is 3.08. The topological polar surface area (TPSA) is 49.7 Å². The zero-order valence-electron chi connectivity index (χ0n) is 21.7. The molecule has 3 nitrogen and oxygen atoms in total. The van der Waals surface area contributed by atoms with Crippen molar-refractivity contribution in [3.05, 3.63) is 11.6 Å². The maximum absolute atomic E-state index is 13.0. The molecule has 0 bridgehead atoms. The van der Waals surface area contributed by atoms with Crippen LogP contribution in [0.15, 0.2) is 16.8 Å². The number of hydrogen-bond acceptors (Lipinski definition) is 3. The Kier molecular flexibility index (Phi) is 6.21. The smallest absolute Gasteiger partial charge is 0.190 e. The highest BCUT2D eigenvalue weighted by molar-refractivity contribution is 6.43. The summed E-state index contributed by atoms with van der Waals surface area (Å²) in [5, 5.41) is 13.1. The maximum atomic E-state index is 13.0. The van der Waals surface area contributed by atoms with Crippen molar-refractivity contribution < 1.29 is 10.0 Å². The highest BCUT2D eigenvalue weighted by Crippen LogP contribution is 2.68. The van der Waals surface area contributed by atoms with Gasteiger partial charge >= 0.3 is 0 Å². The Hall–Kier alpha value is -1.12. The first-order chi connectivity index (χ1) is 15.0. The Labute approximate surface area is 196 Å². The molecule has 0 aromatic rings. The van der Waals surface area contributed by atoms with Gasteiger partial charge in [-0.25, -0.2) is 0 Å². The third kappa shape index (κ3) is 3.52. The lowest BCUT2D eigenvalue weighted by atomic mass is 9.44. The molecule has 0 spiro atoms. The predicted octanol–water partition coefficient (Wildman–Crippen LogP) is 7.67. The molecule has 7 atom stereocenters. The van der Waals surface area contributed by atoms with Gasteiger partial charge in [-0.1, -0.05) is 70.7 Å². The molecule has 0 radical (unpaired) electrons. The largest absolute Gasteiger partial charge is 0.411 e. The lowest BCUT2D eigenvalue weighted by Crippen LogP contribution is -2.56. The molecule has 3 fully saturated rings. The van der Waals surface area contributed by atoms with Crippen molar-refractivity contribution >= 4 is 11.5 Å². The Bertz CT molecular complexity index is 808. The lowest BCUT2D eigenvalue weighted by molar-refractivity contribution is -0.122. The molecule has 0 unspecified atom stereocenters. The van der Waals surface area contributed by atoms with Gasteiger partial charge in [0.25, 0.3) is 0 Å². The SMILES string of the molecule is CC(C)CCC[C@H](C)[C@H]1CC[C@H]2[C@@H]3CC=C4C(C)(C)C(=O)/C(=N\O)C[C@]4(C)[C@H]3CC[C@]12C. The lowest BCUT2D eigenvalue weighted by Gasteiger charge is -2.60. The Balaban J connectivity index is 1.59. The first kappa shape index (κ1) is 24.0. The molecule has 0 heterocycles. The minimum atomic E-state index is -0.552. The monoisotopic (exact) mass is 441 g/mol. The maximum Gasteiger partial charge on any atom is 0.190 e. The number of allylic oxidation sites excluding steroid dienone is 2. The normalized spacial score (nSPS) is 42.9. The molecule has 4 aliphatic rings. The van der Waals surface area contributed by atoms with E-state index in [1.807, 2.05) is 13.8 Å². The van der Waals surface area contributed by atoms with E-state index in [1.165, 1.54) is 50.5 Å². The van der Waals surface area contributed by atoms with Crippen LogP contribution in [0.5, 0.6) is 0 Å². The van der Waals surface area contributed by atoms with Crippen LogP contribution in [-0.4, -0.2) is 16.7 Å². The minimum absolute atomic E-state index is 0.0129. The van der Waals surface area contributed by atoms with Gasteiger partial charge in [0, 0.05) is 6.42 Å². The van der Waals surface area contributed by atoms with Gasteiger partial charge in [-0.15, -0.1) is 0 Å². The number of carbonyl (C=O) groups excluding carboxylic acids is 1. The summed E-state index contributed by atoms with van der Waals surface area (Å²) < 4.78 is 0. The van der Waals surface area contributed by atoms with Crippen molar-refractivity contribution in [2.45, 2.75) is 106 Å². The van der Waals surface area contributed by atoms with E-state index in [2.05, 4.69) is 45.9 Å². The molecule has 0 amide bonds. The number of ketones is 1. The fourth-order valence-corrected chi connectivity index (χ4v) is 9.31. The van der Waals surface area contributed by atoms with Gasteiger partial charge in [0.15, 0.2) is 5.78 Å². The van der Waals surface area contributed by atoms with Crippen LogP contribution in [0.3, 0.4) is 0 Å². The molecule has 0 aliphatic heterocycles. The Morgan fingerprint density at radius 2 is 1.78 bits per heavy atom. The number of fused-ring (bicyclic) bond motifs is 5. The van der Waals surface area contributed by atoms with Gasteiger partial charge < -0.3 is 5.21 Å². The fourth-order valence-electron chi connectivity index (χ4n) is 9.31. The second-order valence-corrected chi connectivity index (χ2v) is 13.4.